The molecule has 108 valence electrons. The van der Waals surface area contributed by atoms with E-state index < -0.39 is 5.91 Å². The van der Waals surface area contributed by atoms with Crippen molar-refractivity contribution in [1.29, 1.82) is 5.26 Å². The molecular weight excluding hydrogens is 276 g/mol. The number of carbonyl (C=O) groups excluding carboxylic acids is 1. The molecule has 1 amide bonds. The highest BCUT2D eigenvalue weighted by molar-refractivity contribution is 6.04. The topological polar surface area (TPSA) is 87.0 Å². The van der Waals surface area contributed by atoms with Crippen molar-refractivity contribution < 1.29 is 4.79 Å². The molecule has 2 rings (SSSR count). The van der Waals surface area contributed by atoms with Crippen LogP contribution in [0.1, 0.15) is 34.1 Å². The van der Waals surface area contributed by atoms with Crippen LogP contribution in [0.5, 0.6) is 0 Å². The number of amides is 1. The van der Waals surface area contributed by atoms with Crippen LogP contribution in [0.15, 0.2) is 30.5 Å². The summed E-state index contributed by atoms with van der Waals surface area (Å²) in [5.74, 6) is -0.535. The van der Waals surface area contributed by atoms with Gasteiger partial charge in [0.1, 0.15) is 5.69 Å². The van der Waals surface area contributed by atoms with Crippen molar-refractivity contribution in [3.63, 3.8) is 0 Å². The van der Waals surface area contributed by atoms with Gasteiger partial charge in [0.05, 0.1) is 17.1 Å². The Morgan fingerprint density at radius 2 is 2.23 bits per heavy atom. The van der Waals surface area contributed by atoms with Gasteiger partial charge >= 0.3 is 6.20 Å². The minimum atomic E-state index is -0.535. The van der Waals surface area contributed by atoms with E-state index in [0.717, 1.165) is 27.6 Å². The van der Waals surface area contributed by atoms with Crippen molar-refractivity contribution in [2.75, 3.05) is 0 Å². The molecule has 5 nitrogen and oxygen atoms in total. The number of allylic oxidation sites excluding steroid dienone is 3. The maximum Gasteiger partial charge on any atom is 0.305 e. The summed E-state index contributed by atoms with van der Waals surface area (Å²) in [5, 5.41) is 10.0. The SMILES string of the molecule is C#[N+]/C=C\C(=C/C)c1cc(C#N)cc2c(C)c(C(N)=O)[nH]c12. The lowest BCUT2D eigenvalue weighted by molar-refractivity contribution is 0.0996. The monoisotopic (exact) mass is 291 g/mol. The van der Waals surface area contributed by atoms with Gasteiger partial charge in [-0.1, -0.05) is 6.08 Å². The van der Waals surface area contributed by atoms with Crippen molar-refractivity contribution in [3.8, 4) is 12.6 Å². The second kappa shape index (κ2) is 5.99. The fourth-order valence-electron chi connectivity index (χ4n) is 2.43. The molecule has 0 fully saturated rings. The Balaban J connectivity index is 2.86. The first kappa shape index (κ1) is 15.1. The number of nitrogens with two attached hydrogens (primary N) is 1. The molecule has 0 atom stereocenters. The van der Waals surface area contributed by atoms with Gasteiger partial charge in [0.25, 0.3) is 12.5 Å². The summed E-state index contributed by atoms with van der Waals surface area (Å²) in [7, 11) is 0. The summed E-state index contributed by atoms with van der Waals surface area (Å²) in [5.41, 5.74) is 9.32. The molecule has 0 aliphatic rings. The van der Waals surface area contributed by atoms with Crippen molar-refractivity contribution in [1.82, 2.24) is 4.98 Å². The van der Waals surface area contributed by atoms with Gasteiger partial charge in [-0.2, -0.15) is 5.26 Å². The van der Waals surface area contributed by atoms with Gasteiger partial charge < -0.3 is 10.7 Å². The molecule has 0 aliphatic carbocycles. The molecule has 3 N–H and O–H groups in total. The van der Waals surface area contributed by atoms with E-state index in [-0.39, 0.29) is 0 Å². The van der Waals surface area contributed by atoms with E-state index >= 15 is 0 Å². The number of hydrogen-bond donors (Lipinski definition) is 2. The third-order valence-corrected chi connectivity index (χ3v) is 3.51. The molecule has 0 saturated carbocycles. The first-order valence-electron chi connectivity index (χ1n) is 6.63. The van der Waals surface area contributed by atoms with Gasteiger partial charge in [-0.15, -0.1) is 0 Å². The van der Waals surface area contributed by atoms with Crippen LogP contribution in [-0.4, -0.2) is 10.9 Å². The standard InChI is InChI=1S/C17H14N4O/c1-4-12(5-6-20-3)14-8-11(9-18)7-13-10(2)15(17(19)22)21-16(13)14/h3-8H,1-2H3,(H2-,19,21,22)/p+1/b6-5-,12-4+. The predicted molar refractivity (Wildman–Crippen MR) is 87.4 cm³/mol. The third-order valence-electron chi connectivity index (χ3n) is 3.51. The maximum absolute atomic E-state index is 11.5. The Morgan fingerprint density at radius 3 is 2.77 bits per heavy atom. The van der Waals surface area contributed by atoms with Gasteiger partial charge in [0, 0.05) is 17.0 Å². The average molecular weight is 291 g/mol. The van der Waals surface area contributed by atoms with Gasteiger partial charge in [-0.05, 0) is 42.0 Å². The van der Waals surface area contributed by atoms with Crippen molar-refractivity contribution in [2.24, 2.45) is 5.73 Å². The van der Waals surface area contributed by atoms with Crippen LogP contribution in [0.2, 0.25) is 0 Å². The van der Waals surface area contributed by atoms with Crippen LogP contribution in [0.3, 0.4) is 0 Å². The number of nitrogens with zero attached hydrogens (tertiary/aromatic N) is 2. The van der Waals surface area contributed by atoms with Gasteiger partial charge in [-0.3, -0.25) is 4.79 Å². The second-order valence-corrected chi connectivity index (χ2v) is 4.76. The molecule has 1 heterocycles. The second-order valence-electron chi connectivity index (χ2n) is 4.76. The summed E-state index contributed by atoms with van der Waals surface area (Å²) < 4.78 is 0. The number of aryl methyl sites for hydroxylation is 1. The minimum Gasteiger partial charge on any atom is -0.364 e. The van der Waals surface area contributed by atoms with Crippen molar-refractivity contribution >= 4 is 22.4 Å². The Hall–Kier alpha value is -3.31. The lowest BCUT2D eigenvalue weighted by Crippen LogP contribution is -2.12. The molecule has 0 radical (unpaired) electrons. The Labute approximate surface area is 128 Å². The summed E-state index contributed by atoms with van der Waals surface area (Å²) in [6, 6.07) is 5.62. The van der Waals surface area contributed by atoms with Crippen LogP contribution in [0.4, 0.5) is 0 Å². The molecule has 0 aliphatic heterocycles. The normalized spacial score (nSPS) is 11.5. The molecule has 1 aromatic heterocycles. The Bertz CT molecular complexity index is 901. The summed E-state index contributed by atoms with van der Waals surface area (Å²) in [4.78, 5) is 18.0. The summed E-state index contributed by atoms with van der Waals surface area (Å²) >= 11 is 0. The number of hydrogen-bond acceptors (Lipinski definition) is 2. The van der Waals surface area contributed by atoms with Crippen LogP contribution in [-0.2, 0) is 0 Å². The number of aromatic amines is 1. The number of H-pyrrole nitrogens is 1. The highest BCUT2D eigenvalue weighted by atomic mass is 16.1. The number of benzene rings is 1. The number of primary amides is 1. The van der Waals surface area contributed by atoms with Crippen LogP contribution < -0.4 is 5.73 Å². The van der Waals surface area contributed by atoms with Crippen LogP contribution in [0.25, 0.3) is 21.3 Å². The molecule has 0 spiro atoms. The number of nitriles is 1. The number of carbonyl (C=O) groups is 1. The zero-order valence-corrected chi connectivity index (χ0v) is 12.3. The van der Waals surface area contributed by atoms with Gasteiger partial charge in [0.2, 0.25) is 0 Å². The number of nitrogens with one attached hydrogen (secondary N) is 1. The highest BCUT2D eigenvalue weighted by Crippen LogP contribution is 2.31. The average Bonchev–Trinajstić information content (AvgIpc) is 2.85. The number of fused-ring (bicyclic) bond motifs is 1. The van der Waals surface area contributed by atoms with E-state index in [1.807, 2.05) is 13.0 Å². The fourth-order valence-corrected chi connectivity index (χ4v) is 2.43. The van der Waals surface area contributed by atoms with E-state index in [0.29, 0.717) is 11.3 Å². The van der Waals surface area contributed by atoms with Crippen molar-refractivity contribution in [3.05, 3.63) is 57.7 Å². The molecular formula is C17H15N4O+. The summed E-state index contributed by atoms with van der Waals surface area (Å²) in [6.45, 7) is 8.80. The van der Waals surface area contributed by atoms with Gasteiger partial charge in [-0.25, -0.2) is 0 Å². The number of rotatable bonds is 3. The molecule has 5 heteroatoms. The maximum atomic E-state index is 11.5. The highest BCUT2D eigenvalue weighted by Gasteiger charge is 2.16. The van der Waals surface area contributed by atoms with E-state index in [1.165, 1.54) is 6.20 Å². The van der Waals surface area contributed by atoms with E-state index in [1.54, 1.807) is 25.1 Å². The van der Waals surface area contributed by atoms with E-state index in [2.05, 4.69) is 15.9 Å². The molecule has 0 bridgehead atoms. The molecule has 2 aromatic rings. The molecule has 0 saturated heterocycles. The Kier molecular flexibility index (Phi) is 4.11. The predicted octanol–water partition coefficient (Wildman–Crippen LogP) is 3.33. The zero-order valence-electron chi connectivity index (χ0n) is 12.3. The quantitative estimate of drug-likeness (QED) is 0.850. The zero-order chi connectivity index (χ0) is 16.3. The smallest absolute Gasteiger partial charge is 0.305 e. The summed E-state index contributed by atoms with van der Waals surface area (Å²) in [6.07, 6.45) is 5.07. The van der Waals surface area contributed by atoms with Crippen molar-refractivity contribution in [2.45, 2.75) is 13.8 Å². The Morgan fingerprint density at radius 1 is 1.50 bits per heavy atom. The minimum absolute atomic E-state index is 0.342. The van der Waals surface area contributed by atoms with Gasteiger partial charge in [0.15, 0.2) is 0 Å². The first-order valence-corrected chi connectivity index (χ1v) is 6.63. The molecule has 22 heavy (non-hydrogen) atoms. The lowest BCUT2D eigenvalue weighted by Gasteiger charge is -2.05. The largest absolute Gasteiger partial charge is 0.364 e. The number of aromatic nitrogens is 1. The third kappa shape index (κ3) is 2.48. The van der Waals surface area contributed by atoms with Crippen LogP contribution in [0, 0.1) is 24.8 Å². The van der Waals surface area contributed by atoms with E-state index in [4.69, 9.17) is 12.3 Å². The molecule has 1 aromatic carbocycles. The van der Waals surface area contributed by atoms with Crippen LogP contribution >= 0.6 is 0 Å². The lowest BCUT2D eigenvalue weighted by atomic mass is 9.98. The fraction of sp³-hybridized carbons (Fsp3) is 0.118. The first-order chi connectivity index (χ1) is 10.5. The van der Waals surface area contributed by atoms with E-state index in [9.17, 15) is 10.1 Å². The molecule has 0 unspecified atom stereocenters.